The fourth-order valence-electron chi connectivity index (χ4n) is 3.33. The van der Waals surface area contributed by atoms with Gasteiger partial charge in [0.1, 0.15) is 17.4 Å². The first-order chi connectivity index (χ1) is 13.1. The van der Waals surface area contributed by atoms with E-state index in [-0.39, 0.29) is 6.10 Å². The predicted octanol–water partition coefficient (Wildman–Crippen LogP) is 4.23. The number of fused-ring (bicyclic) bond motifs is 1. The summed E-state index contributed by atoms with van der Waals surface area (Å²) in [7, 11) is -3.51. The molecule has 0 amide bonds. The molecule has 0 atom stereocenters. The van der Waals surface area contributed by atoms with Crippen LogP contribution in [0.1, 0.15) is 12.8 Å². The number of benzene rings is 2. The number of hydrogen-bond donors (Lipinski definition) is 0. The Kier molecular flexibility index (Phi) is 5.16. The second-order valence-electron chi connectivity index (χ2n) is 6.48. The van der Waals surface area contributed by atoms with Crippen molar-refractivity contribution in [2.45, 2.75) is 23.8 Å². The summed E-state index contributed by atoms with van der Waals surface area (Å²) < 4.78 is 34.1. The van der Waals surface area contributed by atoms with Gasteiger partial charge < -0.3 is 4.74 Å². The lowest BCUT2D eigenvalue weighted by atomic mass is 10.1. The molecule has 140 valence electrons. The minimum absolute atomic E-state index is 0.0247. The number of aromatic nitrogens is 1. The average Bonchev–Trinajstić information content (AvgIpc) is 2.69. The maximum absolute atomic E-state index is 12.9. The lowest BCUT2D eigenvalue weighted by molar-refractivity contribution is 0.136. The van der Waals surface area contributed by atoms with Crippen LogP contribution in [0, 0.1) is 0 Å². The van der Waals surface area contributed by atoms with Crippen LogP contribution in [0.3, 0.4) is 0 Å². The Labute approximate surface area is 167 Å². The van der Waals surface area contributed by atoms with E-state index in [0.717, 1.165) is 16.7 Å². The minimum Gasteiger partial charge on any atom is -0.488 e. The van der Waals surface area contributed by atoms with Crippen molar-refractivity contribution in [3.05, 3.63) is 65.3 Å². The first-order valence-electron chi connectivity index (χ1n) is 8.81. The zero-order valence-corrected chi connectivity index (χ0v) is 17.0. The van der Waals surface area contributed by atoms with Crippen molar-refractivity contribution in [2.75, 3.05) is 13.1 Å². The number of para-hydroxylation sites is 1. The molecule has 2 heterocycles. The van der Waals surface area contributed by atoms with Gasteiger partial charge in [0.2, 0.25) is 10.0 Å². The van der Waals surface area contributed by atoms with Crippen molar-refractivity contribution < 1.29 is 13.2 Å². The first kappa shape index (κ1) is 18.4. The zero-order valence-electron chi connectivity index (χ0n) is 14.6. The Morgan fingerprint density at radius 1 is 1.00 bits per heavy atom. The second-order valence-corrected chi connectivity index (χ2v) is 9.24. The molecule has 1 saturated heterocycles. The molecule has 0 aliphatic carbocycles. The van der Waals surface area contributed by atoms with Crippen LogP contribution < -0.4 is 4.74 Å². The van der Waals surface area contributed by atoms with E-state index in [1.807, 2.05) is 30.3 Å². The van der Waals surface area contributed by atoms with Crippen molar-refractivity contribution in [1.29, 1.82) is 0 Å². The monoisotopic (exact) mass is 446 g/mol. The number of ether oxygens (including phenoxy) is 1. The van der Waals surface area contributed by atoms with Crippen LogP contribution in [0.25, 0.3) is 10.9 Å². The van der Waals surface area contributed by atoms with Gasteiger partial charge in [-0.25, -0.2) is 8.42 Å². The van der Waals surface area contributed by atoms with Crippen LogP contribution in [-0.2, 0) is 10.0 Å². The van der Waals surface area contributed by atoms with Crippen LogP contribution in [0.15, 0.2) is 70.2 Å². The van der Waals surface area contributed by atoms with E-state index >= 15 is 0 Å². The quantitative estimate of drug-likeness (QED) is 0.601. The average molecular weight is 447 g/mol. The Bertz CT molecular complexity index is 1060. The van der Waals surface area contributed by atoms with Gasteiger partial charge in [-0.05, 0) is 53.0 Å². The number of hydrogen-bond acceptors (Lipinski definition) is 4. The summed E-state index contributed by atoms with van der Waals surface area (Å²) in [6, 6.07) is 16.7. The molecular weight excluding hydrogens is 428 g/mol. The Morgan fingerprint density at radius 3 is 2.52 bits per heavy atom. The zero-order chi connectivity index (χ0) is 18.9. The molecule has 1 aromatic heterocycles. The predicted molar refractivity (Wildman–Crippen MR) is 108 cm³/mol. The molecular formula is C20H19BrN2O3S. The van der Waals surface area contributed by atoms with Crippen LogP contribution in [-0.4, -0.2) is 36.9 Å². The van der Waals surface area contributed by atoms with Crippen molar-refractivity contribution in [3.63, 3.8) is 0 Å². The standard InChI is InChI=1S/C20H19BrN2O3S/c21-17-7-1-2-9-19(17)27(24,25)23-13-10-16(11-14-23)26-18-8-3-5-15-6-4-12-22-20(15)18/h1-9,12,16H,10-11,13-14H2. The minimum atomic E-state index is -3.51. The Morgan fingerprint density at radius 2 is 1.74 bits per heavy atom. The summed E-state index contributed by atoms with van der Waals surface area (Å²) >= 11 is 3.34. The molecule has 1 aliphatic rings. The van der Waals surface area contributed by atoms with Crippen LogP contribution >= 0.6 is 15.9 Å². The Balaban J connectivity index is 1.47. The van der Waals surface area contributed by atoms with Crippen LogP contribution in [0.4, 0.5) is 0 Å². The molecule has 4 rings (SSSR count). The van der Waals surface area contributed by atoms with E-state index in [4.69, 9.17) is 4.74 Å². The highest BCUT2D eigenvalue weighted by Gasteiger charge is 2.31. The van der Waals surface area contributed by atoms with Gasteiger partial charge in [-0.15, -0.1) is 0 Å². The van der Waals surface area contributed by atoms with Gasteiger partial charge in [0, 0.05) is 29.1 Å². The Hall–Kier alpha value is -1.96. The van der Waals surface area contributed by atoms with E-state index in [0.29, 0.717) is 35.3 Å². The number of halogens is 1. The van der Waals surface area contributed by atoms with E-state index in [2.05, 4.69) is 20.9 Å². The third-order valence-corrected chi connectivity index (χ3v) is 7.66. The van der Waals surface area contributed by atoms with Crippen molar-refractivity contribution >= 4 is 36.9 Å². The lowest BCUT2D eigenvalue weighted by Crippen LogP contribution is -2.41. The number of rotatable bonds is 4. The molecule has 5 nitrogen and oxygen atoms in total. The fraction of sp³-hybridized carbons (Fsp3) is 0.250. The van der Waals surface area contributed by atoms with Crippen LogP contribution in [0.5, 0.6) is 5.75 Å². The van der Waals surface area contributed by atoms with Gasteiger partial charge in [-0.2, -0.15) is 4.31 Å². The van der Waals surface area contributed by atoms with Gasteiger partial charge >= 0.3 is 0 Å². The van der Waals surface area contributed by atoms with Crippen LogP contribution in [0.2, 0.25) is 0 Å². The molecule has 7 heteroatoms. The number of piperidine rings is 1. The SMILES string of the molecule is O=S(=O)(c1ccccc1Br)N1CCC(Oc2cccc3cccnc23)CC1. The van der Waals surface area contributed by atoms with E-state index < -0.39 is 10.0 Å². The van der Waals surface area contributed by atoms with Gasteiger partial charge in [0.25, 0.3) is 0 Å². The summed E-state index contributed by atoms with van der Waals surface area (Å²) in [4.78, 5) is 4.72. The molecule has 0 saturated carbocycles. The maximum Gasteiger partial charge on any atom is 0.244 e. The summed E-state index contributed by atoms with van der Waals surface area (Å²) in [5.41, 5.74) is 0.836. The molecule has 27 heavy (non-hydrogen) atoms. The topological polar surface area (TPSA) is 59.5 Å². The summed E-state index contributed by atoms with van der Waals surface area (Å²) in [5, 5.41) is 1.03. The second kappa shape index (κ2) is 7.58. The van der Waals surface area contributed by atoms with E-state index in [1.54, 1.807) is 30.5 Å². The maximum atomic E-state index is 12.9. The molecule has 1 aliphatic heterocycles. The third-order valence-electron chi connectivity index (χ3n) is 4.74. The van der Waals surface area contributed by atoms with E-state index in [1.165, 1.54) is 4.31 Å². The molecule has 2 aromatic carbocycles. The normalized spacial score (nSPS) is 16.5. The molecule has 0 radical (unpaired) electrons. The fourth-order valence-corrected chi connectivity index (χ4v) is 5.77. The largest absolute Gasteiger partial charge is 0.488 e. The summed E-state index contributed by atoms with van der Waals surface area (Å²) in [6.45, 7) is 0.874. The molecule has 0 bridgehead atoms. The number of pyridine rings is 1. The highest BCUT2D eigenvalue weighted by molar-refractivity contribution is 9.10. The van der Waals surface area contributed by atoms with E-state index in [9.17, 15) is 8.42 Å². The molecule has 3 aromatic rings. The highest BCUT2D eigenvalue weighted by atomic mass is 79.9. The summed E-state index contributed by atoms with van der Waals surface area (Å²) in [5.74, 6) is 0.750. The number of sulfonamides is 1. The van der Waals surface area contributed by atoms with Crippen molar-refractivity contribution in [1.82, 2.24) is 9.29 Å². The molecule has 1 fully saturated rings. The van der Waals surface area contributed by atoms with Gasteiger partial charge in [0.05, 0.1) is 4.90 Å². The number of nitrogens with zero attached hydrogens (tertiary/aromatic N) is 2. The highest BCUT2D eigenvalue weighted by Crippen LogP contribution is 2.29. The molecule has 0 unspecified atom stereocenters. The summed E-state index contributed by atoms with van der Waals surface area (Å²) in [6.07, 6.45) is 3.02. The third kappa shape index (κ3) is 3.72. The van der Waals surface area contributed by atoms with Crippen molar-refractivity contribution in [3.8, 4) is 5.75 Å². The van der Waals surface area contributed by atoms with Gasteiger partial charge in [-0.3, -0.25) is 4.98 Å². The molecule has 0 N–H and O–H groups in total. The molecule has 0 spiro atoms. The van der Waals surface area contributed by atoms with Gasteiger partial charge in [0.15, 0.2) is 0 Å². The first-order valence-corrected chi connectivity index (χ1v) is 11.0. The smallest absolute Gasteiger partial charge is 0.244 e. The lowest BCUT2D eigenvalue weighted by Gasteiger charge is -2.31. The van der Waals surface area contributed by atoms with Gasteiger partial charge in [-0.1, -0.05) is 30.3 Å². The van der Waals surface area contributed by atoms with Crippen molar-refractivity contribution in [2.24, 2.45) is 0 Å².